The third-order valence-corrected chi connectivity index (χ3v) is 6.86. The molecule has 0 saturated carbocycles. The van der Waals surface area contributed by atoms with Crippen LogP contribution in [0.4, 0.5) is 0 Å². The molecule has 1 fully saturated rings. The Hall–Kier alpha value is -0.240. The molecule has 1 rings (SSSR count). The van der Waals surface area contributed by atoms with Gasteiger partial charge in [-0.1, -0.05) is 72.6 Å². The predicted molar refractivity (Wildman–Crippen MR) is 124 cm³/mol. The van der Waals surface area contributed by atoms with Gasteiger partial charge in [-0.2, -0.15) is 0 Å². The maximum atomic E-state index is 10.9. The van der Waals surface area contributed by atoms with Gasteiger partial charge in [0.05, 0.1) is 18.3 Å². The largest absolute Gasteiger partial charge is 0.394 e. The van der Waals surface area contributed by atoms with Crippen molar-refractivity contribution < 1.29 is 29.5 Å². The van der Waals surface area contributed by atoms with E-state index in [0.29, 0.717) is 13.0 Å². The highest BCUT2D eigenvalue weighted by molar-refractivity contribution is 5.00. The minimum atomic E-state index is -1.13. The van der Waals surface area contributed by atoms with Crippen LogP contribution in [0, 0.1) is 0 Å². The van der Waals surface area contributed by atoms with E-state index >= 15 is 0 Å². The van der Waals surface area contributed by atoms with E-state index < -0.39 is 36.1 Å². The zero-order valence-corrected chi connectivity index (χ0v) is 20.7. The molecule has 1 aliphatic rings. The van der Waals surface area contributed by atoms with Crippen LogP contribution >= 0.6 is 0 Å². The van der Waals surface area contributed by atoms with Crippen molar-refractivity contribution in [3.8, 4) is 0 Å². The van der Waals surface area contributed by atoms with E-state index in [0.717, 1.165) is 25.7 Å². The number of aliphatic hydroxyl groups excluding tert-OH is 3. The Labute approximate surface area is 190 Å². The van der Waals surface area contributed by atoms with Gasteiger partial charge in [-0.15, -0.1) is 0 Å². The minimum absolute atomic E-state index is 0.0446. The molecule has 0 radical (unpaired) electrons. The summed E-state index contributed by atoms with van der Waals surface area (Å²) in [5.41, 5.74) is -0.741. The van der Waals surface area contributed by atoms with Gasteiger partial charge in [0.15, 0.2) is 0 Å². The summed E-state index contributed by atoms with van der Waals surface area (Å²) in [6.07, 6.45) is 7.58. The summed E-state index contributed by atoms with van der Waals surface area (Å²) in [7, 11) is 0. The van der Waals surface area contributed by atoms with Gasteiger partial charge in [-0.25, -0.2) is 0 Å². The van der Waals surface area contributed by atoms with Crippen molar-refractivity contribution in [3.63, 3.8) is 0 Å². The molecule has 6 atom stereocenters. The fourth-order valence-electron chi connectivity index (χ4n) is 4.39. The molecule has 31 heavy (non-hydrogen) atoms. The molecule has 1 saturated heterocycles. The van der Waals surface area contributed by atoms with Crippen molar-refractivity contribution in [3.05, 3.63) is 0 Å². The Morgan fingerprint density at radius 2 is 1.45 bits per heavy atom. The van der Waals surface area contributed by atoms with Crippen LogP contribution in [0.3, 0.4) is 0 Å². The van der Waals surface area contributed by atoms with Gasteiger partial charge in [0.25, 0.3) is 0 Å². The van der Waals surface area contributed by atoms with Crippen molar-refractivity contribution in [1.29, 1.82) is 0 Å². The molecule has 1 heterocycles. The molecule has 0 aliphatic carbocycles. The van der Waals surface area contributed by atoms with E-state index in [9.17, 15) is 15.3 Å². The summed E-state index contributed by atoms with van der Waals surface area (Å²) in [6.45, 7) is 10.5. The second-order valence-electron chi connectivity index (χ2n) is 9.29. The molecule has 0 amide bonds. The lowest BCUT2D eigenvalue weighted by molar-refractivity contribution is -0.289. The molecule has 0 bridgehead atoms. The molecule has 1 aliphatic heterocycles. The highest BCUT2D eigenvalue weighted by atomic mass is 16.6. The van der Waals surface area contributed by atoms with Gasteiger partial charge in [0.1, 0.15) is 30.5 Å². The highest BCUT2D eigenvalue weighted by Crippen LogP contribution is 2.34. The maximum absolute atomic E-state index is 10.9. The quantitative estimate of drug-likeness (QED) is 0.288. The molecule has 0 aromatic carbocycles. The summed E-state index contributed by atoms with van der Waals surface area (Å²) in [4.78, 5) is 0. The Morgan fingerprint density at radius 1 is 0.871 bits per heavy atom. The first-order valence-corrected chi connectivity index (χ1v) is 12.8. The van der Waals surface area contributed by atoms with Crippen molar-refractivity contribution >= 4 is 0 Å². The molecule has 0 spiro atoms. The number of ether oxygens (including phenoxy) is 3. The van der Waals surface area contributed by atoms with Crippen LogP contribution in [0.1, 0.15) is 105 Å². The van der Waals surface area contributed by atoms with Gasteiger partial charge < -0.3 is 29.5 Å². The second-order valence-corrected chi connectivity index (χ2v) is 9.29. The summed E-state index contributed by atoms with van der Waals surface area (Å²) in [5, 5.41) is 31.6. The lowest BCUT2D eigenvalue weighted by Gasteiger charge is -2.49. The molecule has 6 heteroatoms. The van der Waals surface area contributed by atoms with Gasteiger partial charge in [-0.05, 0) is 32.6 Å². The molecule has 3 N–H and O–H groups in total. The lowest BCUT2D eigenvalue weighted by Crippen LogP contribution is -2.65. The zero-order chi connectivity index (χ0) is 23.3. The van der Waals surface area contributed by atoms with E-state index in [1.807, 2.05) is 27.7 Å². The molecule has 186 valence electrons. The third kappa shape index (κ3) is 8.90. The Morgan fingerprint density at radius 3 is 1.97 bits per heavy atom. The van der Waals surface area contributed by atoms with Crippen LogP contribution in [-0.2, 0) is 14.2 Å². The predicted octanol–water partition coefficient (Wildman–Crippen LogP) is 4.37. The summed E-state index contributed by atoms with van der Waals surface area (Å²) < 4.78 is 18.3. The van der Waals surface area contributed by atoms with Crippen molar-refractivity contribution in [1.82, 2.24) is 0 Å². The van der Waals surface area contributed by atoms with Crippen LogP contribution in [0.2, 0.25) is 0 Å². The van der Waals surface area contributed by atoms with Crippen molar-refractivity contribution in [2.45, 2.75) is 147 Å². The normalized spacial score (nSPS) is 28.7. The molecule has 2 unspecified atom stereocenters. The zero-order valence-electron chi connectivity index (χ0n) is 20.7. The molecular weight excluding hydrogens is 396 g/mol. The number of hydrogen-bond acceptors (Lipinski definition) is 6. The minimum Gasteiger partial charge on any atom is -0.394 e. The Balaban J connectivity index is 2.60. The average Bonchev–Trinajstić information content (AvgIpc) is 2.78. The number of rotatable bonds is 17. The number of aliphatic hydroxyl groups is 3. The lowest BCUT2D eigenvalue weighted by atomic mass is 9.84. The van der Waals surface area contributed by atoms with E-state index in [-0.39, 0.29) is 12.7 Å². The van der Waals surface area contributed by atoms with Gasteiger partial charge in [0.2, 0.25) is 0 Å². The Kier molecular flexibility index (Phi) is 14.5. The number of hydrogen-bond donors (Lipinski definition) is 3. The van der Waals surface area contributed by atoms with E-state index in [1.54, 1.807) is 0 Å². The summed E-state index contributed by atoms with van der Waals surface area (Å²) >= 11 is 0. The first kappa shape index (κ1) is 28.8. The Bertz CT molecular complexity index is 442. The van der Waals surface area contributed by atoms with Crippen LogP contribution in [0.25, 0.3) is 0 Å². The third-order valence-electron chi connectivity index (χ3n) is 6.86. The number of unbranched alkanes of at least 4 members (excludes halogenated alkanes) is 7. The first-order chi connectivity index (χ1) is 14.9. The average molecular weight is 447 g/mol. The van der Waals surface area contributed by atoms with Crippen LogP contribution in [-0.4, -0.2) is 70.8 Å². The molecule has 0 aromatic heterocycles. The van der Waals surface area contributed by atoms with E-state index in [4.69, 9.17) is 14.2 Å². The van der Waals surface area contributed by atoms with Crippen LogP contribution < -0.4 is 0 Å². The standard InChI is InChI=1S/C25H50O6/c1-6-10-11-12-13-14-15-16-17-29-25(5,9-4)24-22(28)21(27)23(20(18-26)31-24)30-19(7-2)8-3/h19-24,26-28H,6-18H2,1-5H3/t20-,21-,22-,23-,24?,25?/m1/s1. The topological polar surface area (TPSA) is 88.4 Å². The van der Waals surface area contributed by atoms with Crippen molar-refractivity contribution in [2.24, 2.45) is 0 Å². The SMILES string of the molecule is CCCCCCCCCCOC(C)(CC)C1O[C@H](CO)[C@@H](OC(CC)CC)[C@H](O)[C@H]1O. The van der Waals surface area contributed by atoms with Gasteiger partial charge >= 0.3 is 0 Å². The fourth-order valence-corrected chi connectivity index (χ4v) is 4.39. The maximum Gasteiger partial charge on any atom is 0.115 e. The van der Waals surface area contributed by atoms with Gasteiger partial charge in [-0.3, -0.25) is 0 Å². The fraction of sp³-hybridized carbons (Fsp3) is 1.00. The monoisotopic (exact) mass is 446 g/mol. The van der Waals surface area contributed by atoms with Gasteiger partial charge in [0, 0.05) is 6.61 Å². The highest BCUT2D eigenvalue weighted by Gasteiger charge is 2.52. The summed E-state index contributed by atoms with van der Waals surface area (Å²) in [5.74, 6) is 0. The first-order valence-electron chi connectivity index (χ1n) is 12.8. The van der Waals surface area contributed by atoms with Crippen LogP contribution in [0.5, 0.6) is 0 Å². The molecule has 6 nitrogen and oxygen atoms in total. The molecular formula is C25H50O6. The smallest absolute Gasteiger partial charge is 0.115 e. The second kappa shape index (κ2) is 15.6. The van der Waals surface area contributed by atoms with E-state index in [2.05, 4.69) is 6.92 Å². The van der Waals surface area contributed by atoms with Crippen molar-refractivity contribution in [2.75, 3.05) is 13.2 Å². The van der Waals surface area contributed by atoms with E-state index in [1.165, 1.54) is 38.5 Å². The molecule has 0 aromatic rings. The summed E-state index contributed by atoms with van der Waals surface area (Å²) in [6, 6.07) is 0. The van der Waals surface area contributed by atoms with Crippen LogP contribution in [0.15, 0.2) is 0 Å².